The second kappa shape index (κ2) is 53.4. The third-order valence-corrected chi connectivity index (χ3v) is 10.4. The molecule has 0 aliphatic heterocycles. The van der Waals surface area contributed by atoms with Gasteiger partial charge in [0.1, 0.15) is 6.61 Å². The van der Waals surface area contributed by atoms with Gasteiger partial charge in [0, 0.05) is 12.8 Å². The van der Waals surface area contributed by atoms with Crippen LogP contribution in [0, 0.1) is 0 Å². The Labute approximate surface area is 394 Å². The van der Waals surface area contributed by atoms with Crippen molar-refractivity contribution in [3.05, 3.63) is 134 Å². The summed E-state index contributed by atoms with van der Waals surface area (Å²) in [5.74, 6) is -0.628. The summed E-state index contributed by atoms with van der Waals surface area (Å²) in [6, 6.07) is 0. The Morgan fingerprint density at radius 3 is 1.03 bits per heavy atom. The average molecular weight is 883 g/mol. The van der Waals surface area contributed by atoms with Crippen molar-refractivity contribution in [2.45, 2.75) is 213 Å². The van der Waals surface area contributed by atoms with Crippen LogP contribution in [0.2, 0.25) is 0 Å². The van der Waals surface area contributed by atoms with Crippen molar-refractivity contribution in [3.8, 4) is 0 Å². The maximum Gasteiger partial charge on any atom is 0.306 e. The third-order valence-electron chi connectivity index (χ3n) is 10.4. The molecule has 0 aliphatic carbocycles. The Hall–Kier alpha value is -3.96. The van der Waals surface area contributed by atoms with Gasteiger partial charge in [0.25, 0.3) is 0 Å². The lowest BCUT2D eigenvalue weighted by Crippen LogP contribution is -2.28. The number of carbonyl (C=O) groups excluding carboxylic acids is 2. The van der Waals surface area contributed by atoms with Gasteiger partial charge in [0.2, 0.25) is 0 Å². The number of carbonyl (C=O) groups is 2. The van der Waals surface area contributed by atoms with E-state index in [0.29, 0.717) is 12.8 Å². The number of rotatable bonds is 45. The lowest BCUT2D eigenvalue weighted by Gasteiger charge is -2.15. The maximum absolute atomic E-state index is 12.2. The van der Waals surface area contributed by atoms with E-state index in [2.05, 4.69) is 148 Å². The molecule has 0 saturated carbocycles. The molecule has 0 aromatic heterocycles. The summed E-state index contributed by atoms with van der Waals surface area (Å²) in [5.41, 5.74) is 0. The van der Waals surface area contributed by atoms with E-state index >= 15 is 0 Å². The van der Waals surface area contributed by atoms with Crippen molar-refractivity contribution >= 4 is 11.9 Å². The monoisotopic (exact) mass is 883 g/mol. The molecule has 0 aromatic rings. The molecule has 1 N–H and O–H groups in total. The zero-order valence-corrected chi connectivity index (χ0v) is 41.0. The van der Waals surface area contributed by atoms with Gasteiger partial charge in [-0.2, -0.15) is 0 Å². The first kappa shape index (κ1) is 60.0. The summed E-state index contributed by atoms with van der Waals surface area (Å²) < 4.78 is 10.6. The van der Waals surface area contributed by atoms with Crippen LogP contribution in [0.15, 0.2) is 134 Å². The van der Waals surface area contributed by atoms with Crippen LogP contribution in [0.4, 0.5) is 0 Å². The number of allylic oxidation sites excluding steroid dienone is 22. The maximum atomic E-state index is 12.2. The highest BCUT2D eigenvalue weighted by Crippen LogP contribution is 2.12. The summed E-state index contributed by atoms with van der Waals surface area (Å²) in [7, 11) is 0. The van der Waals surface area contributed by atoms with Gasteiger partial charge in [-0.15, -0.1) is 0 Å². The zero-order chi connectivity index (χ0) is 46.3. The van der Waals surface area contributed by atoms with Crippen LogP contribution in [-0.2, 0) is 19.1 Å². The first-order valence-corrected chi connectivity index (χ1v) is 25.7. The minimum absolute atomic E-state index is 0.0837. The summed E-state index contributed by atoms with van der Waals surface area (Å²) in [4.78, 5) is 24.4. The van der Waals surface area contributed by atoms with E-state index in [1.165, 1.54) is 64.2 Å². The fraction of sp³-hybridized carbons (Fsp3) is 0.593. The fourth-order valence-electron chi connectivity index (χ4n) is 6.58. The van der Waals surface area contributed by atoms with Gasteiger partial charge in [0.05, 0.1) is 6.61 Å². The molecule has 0 amide bonds. The predicted molar refractivity (Wildman–Crippen MR) is 278 cm³/mol. The standard InChI is InChI=1S/C59H94O5/c1-3-5-7-9-11-13-15-17-18-19-20-21-22-23-24-25-26-27-28-29-30-31-32-33-34-35-36-37-38-39-40-42-44-46-48-50-52-54-59(62)64-57(55-60)56-63-58(61)53-51-49-47-45-43-41-16-14-12-10-8-6-4-2/h5,7,11,13-14,16-18,20-21,23-24,26-27,29-30,32-33,35-36,38-39,57,60H,3-4,6,8-10,12,15,19,22,25,28,31,34,37,40-56H2,1-2H3/b7-5-,13-11-,16-14-,18-17-,21-20-,24-23-,27-26-,30-29-,33-32-,36-35-,39-38-. The van der Waals surface area contributed by atoms with Crippen LogP contribution >= 0.6 is 0 Å². The van der Waals surface area contributed by atoms with Crippen LogP contribution in [0.3, 0.4) is 0 Å². The second-order valence-electron chi connectivity index (χ2n) is 16.5. The van der Waals surface area contributed by atoms with Crippen molar-refractivity contribution in [1.82, 2.24) is 0 Å². The van der Waals surface area contributed by atoms with Crippen molar-refractivity contribution in [3.63, 3.8) is 0 Å². The molecule has 0 aliphatic rings. The largest absolute Gasteiger partial charge is 0.462 e. The Morgan fingerprint density at radius 1 is 0.375 bits per heavy atom. The molecule has 360 valence electrons. The summed E-state index contributed by atoms with van der Waals surface area (Å²) >= 11 is 0. The average Bonchev–Trinajstić information content (AvgIpc) is 3.30. The Morgan fingerprint density at radius 2 is 0.672 bits per heavy atom. The van der Waals surface area contributed by atoms with E-state index in [0.717, 1.165) is 116 Å². The van der Waals surface area contributed by atoms with E-state index in [-0.39, 0.29) is 25.2 Å². The van der Waals surface area contributed by atoms with Gasteiger partial charge >= 0.3 is 11.9 Å². The molecule has 0 aromatic carbocycles. The molecule has 0 heterocycles. The highest BCUT2D eigenvalue weighted by molar-refractivity contribution is 5.70. The SMILES string of the molecule is CC/C=C\C/C=C\C/C=C\C/C=C\C/C=C\C/C=C\C/C=C\C/C=C\C/C=C\C/C=C\CCCCCCCCC(=O)OC(CO)COC(=O)CCCCCCC/C=C\CCCCCC. The molecule has 64 heavy (non-hydrogen) atoms. The minimum Gasteiger partial charge on any atom is -0.462 e. The molecule has 5 nitrogen and oxygen atoms in total. The zero-order valence-electron chi connectivity index (χ0n) is 41.0. The van der Waals surface area contributed by atoms with E-state index in [1.807, 2.05) is 0 Å². The molecular weight excluding hydrogens is 789 g/mol. The summed E-state index contributed by atoms with van der Waals surface area (Å²) in [6.07, 6.45) is 79.7. The number of unbranched alkanes of at least 4 members (excludes halogenated alkanes) is 15. The molecule has 1 atom stereocenters. The van der Waals surface area contributed by atoms with E-state index in [9.17, 15) is 14.7 Å². The minimum atomic E-state index is -0.792. The van der Waals surface area contributed by atoms with E-state index < -0.39 is 6.10 Å². The lowest BCUT2D eigenvalue weighted by molar-refractivity contribution is -0.161. The quantitative estimate of drug-likeness (QED) is 0.0375. The van der Waals surface area contributed by atoms with E-state index in [4.69, 9.17) is 9.47 Å². The molecular formula is C59H94O5. The van der Waals surface area contributed by atoms with Crippen molar-refractivity contribution in [2.75, 3.05) is 13.2 Å². The molecule has 1 unspecified atom stereocenters. The second-order valence-corrected chi connectivity index (χ2v) is 16.5. The van der Waals surface area contributed by atoms with Crippen LogP contribution in [0.25, 0.3) is 0 Å². The van der Waals surface area contributed by atoms with Crippen LogP contribution in [-0.4, -0.2) is 36.4 Å². The van der Waals surface area contributed by atoms with Gasteiger partial charge in [0.15, 0.2) is 6.10 Å². The third kappa shape index (κ3) is 50.7. The predicted octanol–water partition coefficient (Wildman–Crippen LogP) is 17.3. The fourth-order valence-corrected chi connectivity index (χ4v) is 6.58. The molecule has 0 spiro atoms. The van der Waals surface area contributed by atoms with Crippen LogP contribution in [0.5, 0.6) is 0 Å². The van der Waals surface area contributed by atoms with Crippen molar-refractivity contribution in [2.24, 2.45) is 0 Å². The normalized spacial score (nSPS) is 13.4. The van der Waals surface area contributed by atoms with Crippen LogP contribution < -0.4 is 0 Å². The van der Waals surface area contributed by atoms with Gasteiger partial charge < -0.3 is 14.6 Å². The molecule has 0 saturated heterocycles. The molecule has 0 bridgehead atoms. The highest BCUT2D eigenvalue weighted by Gasteiger charge is 2.16. The number of ether oxygens (including phenoxy) is 2. The Balaban J connectivity index is 3.65. The number of aliphatic hydroxyl groups is 1. The Kier molecular flexibility index (Phi) is 50.1. The van der Waals surface area contributed by atoms with Crippen LogP contribution in [0.1, 0.15) is 206 Å². The van der Waals surface area contributed by atoms with Crippen molar-refractivity contribution < 1.29 is 24.2 Å². The smallest absolute Gasteiger partial charge is 0.306 e. The summed E-state index contributed by atoms with van der Waals surface area (Å²) in [6.45, 7) is 3.97. The van der Waals surface area contributed by atoms with Crippen molar-refractivity contribution in [1.29, 1.82) is 0 Å². The van der Waals surface area contributed by atoms with E-state index in [1.54, 1.807) is 0 Å². The molecule has 0 rings (SSSR count). The van der Waals surface area contributed by atoms with Gasteiger partial charge in [-0.05, 0) is 116 Å². The first-order valence-electron chi connectivity index (χ1n) is 25.7. The highest BCUT2D eigenvalue weighted by atomic mass is 16.6. The number of hydrogen-bond donors (Lipinski definition) is 1. The molecule has 0 fully saturated rings. The van der Waals surface area contributed by atoms with Gasteiger partial charge in [-0.25, -0.2) is 0 Å². The number of aliphatic hydroxyl groups excluding tert-OH is 1. The molecule has 5 heteroatoms. The first-order chi connectivity index (χ1) is 31.6. The summed E-state index contributed by atoms with van der Waals surface area (Å²) in [5, 5.41) is 9.60. The lowest BCUT2D eigenvalue weighted by atomic mass is 10.1. The van der Waals surface area contributed by atoms with Gasteiger partial charge in [-0.1, -0.05) is 212 Å². The topological polar surface area (TPSA) is 72.8 Å². The Bertz CT molecular complexity index is 1370. The van der Waals surface area contributed by atoms with Gasteiger partial charge in [-0.3, -0.25) is 9.59 Å². The molecule has 0 radical (unpaired) electrons. The number of esters is 2. The number of hydrogen-bond acceptors (Lipinski definition) is 5.